The molecule has 0 spiro atoms. The van der Waals surface area contributed by atoms with E-state index in [0.717, 1.165) is 0 Å². The minimum atomic E-state index is -2.98. The molecule has 0 bridgehead atoms. The molecule has 4 heteroatoms. The van der Waals surface area contributed by atoms with Crippen molar-refractivity contribution in [3.8, 4) is 0 Å². The van der Waals surface area contributed by atoms with Crippen LogP contribution in [0.4, 0.5) is 0 Å². The fraction of sp³-hybridized carbons (Fsp3) is 1.00. The van der Waals surface area contributed by atoms with Crippen molar-refractivity contribution < 1.29 is 8.42 Å². The van der Waals surface area contributed by atoms with Crippen molar-refractivity contribution in [2.75, 3.05) is 19.3 Å². The number of nitrogens with zero attached hydrogens (tertiary/aromatic N) is 1. The fourth-order valence-corrected chi connectivity index (χ4v) is 2.24. The average molecular weight is 179 g/mol. The molecular formula is C7H17NO2S. The van der Waals surface area contributed by atoms with Crippen molar-refractivity contribution in [1.82, 2.24) is 4.31 Å². The van der Waals surface area contributed by atoms with Gasteiger partial charge in [-0.3, -0.25) is 0 Å². The Kier molecular flexibility index (Phi) is 4.03. The summed E-state index contributed by atoms with van der Waals surface area (Å²) < 4.78 is 24.0. The molecule has 3 nitrogen and oxygen atoms in total. The molecule has 0 aromatic heterocycles. The maximum absolute atomic E-state index is 11.3. The summed E-state index contributed by atoms with van der Waals surface area (Å²) in [6.07, 6.45) is 0. The number of hydrogen-bond donors (Lipinski definition) is 0. The Hall–Kier alpha value is -0.0900. The zero-order chi connectivity index (χ0) is 9.07. The lowest BCUT2D eigenvalue weighted by Gasteiger charge is -2.15. The van der Waals surface area contributed by atoms with Crippen LogP contribution in [0.3, 0.4) is 0 Å². The molecule has 0 rings (SSSR count). The fourth-order valence-electron chi connectivity index (χ4n) is 0.745. The molecule has 0 aromatic carbocycles. The Morgan fingerprint density at radius 2 is 1.82 bits per heavy atom. The van der Waals surface area contributed by atoms with Crippen LogP contribution in [0.1, 0.15) is 20.8 Å². The molecule has 0 N–H and O–H groups in total. The van der Waals surface area contributed by atoms with Crippen LogP contribution in [0.2, 0.25) is 0 Å². The first-order chi connectivity index (χ1) is 4.90. The Morgan fingerprint density at radius 1 is 1.36 bits per heavy atom. The Labute approximate surface area is 69.4 Å². The van der Waals surface area contributed by atoms with Gasteiger partial charge in [-0.1, -0.05) is 20.8 Å². The second kappa shape index (κ2) is 4.07. The highest BCUT2D eigenvalue weighted by Gasteiger charge is 2.16. The molecule has 0 aromatic rings. The van der Waals surface area contributed by atoms with Crippen molar-refractivity contribution in [2.45, 2.75) is 20.8 Å². The van der Waals surface area contributed by atoms with Crippen molar-refractivity contribution >= 4 is 10.0 Å². The lowest BCUT2D eigenvalue weighted by Crippen LogP contribution is -2.30. The summed E-state index contributed by atoms with van der Waals surface area (Å²) >= 11 is 0. The van der Waals surface area contributed by atoms with E-state index in [0.29, 0.717) is 6.54 Å². The molecule has 0 atom stereocenters. The second-order valence-electron chi connectivity index (χ2n) is 3.09. The summed E-state index contributed by atoms with van der Waals surface area (Å²) in [7, 11) is -1.37. The van der Waals surface area contributed by atoms with Crippen molar-refractivity contribution in [1.29, 1.82) is 0 Å². The highest BCUT2D eigenvalue weighted by atomic mass is 32.2. The van der Waals surface area contributed by atoms with Crippen LogP contribution in [0.25, 0.3) is 0 Å². The van der Waals surface area contributed by atoms with Crippen molar-refractivity contribution in [3.05, 3.63) is 0 Å². The lowest BCUT2D eigenvalue weighted by molar-refractivity contribution is 0.478. The summed E-state index contributed by atoms with van der Waals surface area (Å²) in [5, 5.41) is 0. The van der Waals surface area contributed by atoms with Gasteiger partial charge in [0.15, 0.2) is 0 Å². The number of sulfonamides is 1. The monoisotopic (exact) mass is 179 g/mol. The van der Waals surface area contributed by atoms with E-state index in [4.69, 9.17) is 0 Å². The van der Waals surface area contributed by atoms with Gasteiger partial charge in [0.25, 0.3) is 0 Å². The summed E-state index contributed by atoms with van der Waals surface area (Å²) in [5.74, 6) is 0.450. The first kappa shape index (κ1) is 10.9. The van der Waals surface area contributed by atoms with E-state index in [2.05, 4.69) is 0 Å². The predicted molar refractivity (Wildman–Crippen MR) is 46.9 cm³/mol. The summed E-state index contributed by atoms with van der Waals surface area (Å²) in [5.41, 5.74) is 0. The van der Waals surface area contributed by atoms with Gasteiger partial charge in [0.1, 0.15) is 0 Å². The maximum Gasteiger partial charge on any atom is 0.214 e. The van der Waals surface area contributed by atoms with E-state index < -0.39 is 10.0 Å². The quantitative estimate of drug-likeness (QED) is 0.643. The van der Waals surface area contributed by atoms with Crippen LogP contribution < -0.4 is 0 Å². The van der Waals surface area contributed by atoms with Crippen LogP contribution in [0, 0.1) is 5.92 Å². The normalized spacial score (nSPS) is 12.9. The molecule has 0 radical (unpaired) electrons. The maximum atomic E-state index is 11.3. The van der Waals surface area contributed by atoms with Crippen molar-refractivity contribution in [3.63, 3.8) is 0 Å². The molecule has 68 valence electrons. The Balaban J connectivity index is 4.23. The van der Waals surface area contributed by atoms with E-state index in [9.17, 15) is 8.42 Å². The van der Waals surface area contributed by atoms with Gasteiger partial charge < -0.3 is 0 Å². The SMILES string of the molecule is CCN(C)S(=O)(=O)CC(C)C. The van der Waals surface area contributed by atoms with Gasteiger partial charge >= 0.3 is 0 Å². The molecule has 11 heavy (non-hydrogen) atoms. The van der Waals surface area contributed by atoms with E-state index in [1.807, 2.05) is 20.8 Å². The largest absolute Gasteiger partial charge is 0.214 e. The molecule has 0 heterocycles. The van der Waals surface area contributed by atoms with Crippen LogP contribution >= 0.6 is 0 Å². The van der Waals surface area contributed by atoms with Gasteiger partial charge in [-0.15, -0.1) is 0 Å². The summed E-state index contributed by atoms with van der Waals surface area (Å²) in [6.45, 7) is 6.19. The zero-order valence-corrected chi connectivity index (χ0v) is 8.48. The summed E-state index contributed by atoms with van der Waals surface area (Å²) in [4.78, 5) is 0. The Morgan fingerprint density at radius 3 is 2.09 bits per heavy atom. The van der Waals surface area contributed by atoms with Crippen LogP contribution in [-0.2, 0) is 10.0 Å². The number of hydrogen-bond acceptors (Lipinski definition) is 2. The summed E-state index contributed by atoms with van der Waals surface area (Å²) in [6, 6.07) is 0. The minimum Gasteiger partial charge on any atom is -0.212 e. The molecular weight excluding hydrogens is 162 g/mol. The third-order valence-corrected chi connectivity index (χ3v) is 3.76. The van der Waals surface area contributed by atoms with E-state index in [-0.39, 0.29) is 11.7 Å². The zero-order valence-electron chi connectivity index (χ0n) is 7.66. The van der Waals surface area contributed by atoms with E-state index >= 15 is 0 Å². The van der Waals surface area contributed by atoms with Crippen LogP contribution in [0.5, 0.6) is 0 Å². The topological polar surface area (TPSA) is 37.4 Å². The van der Waals surface area contributed by atoms with Gasteiger partial charge in [-0.05, 0) is 5.92 Å². The van der Waals surface area contributed by atoms with Gasteiger partial charge in [-0.2, -0.15) is 0 Å². The van der Waals surface area contributed by atoms with Gasteiger partial charge in [-0.25, -0.2) is 12.7 Å². The van der Waals surface area contributed by atoms with Gasteiger partial charge in [0.05, 0.1) is 5.75 Å². The molecule has 0 aliphatic heterocycles. The third-order valence-electron chi connectivity index (χ3n) is 1.46. The second-order valence-corrected chi connectivity index (χ2v) is 5.21. The standard InChI is InChI=1S/C7H17NO2S/c1-5-8(4)11(9,10)6-7(2)3/h7H,5-6H2,1-4H3. The number of rotatable bonds is 4. The average Bonchev–Trinajstić information content (AvgIpc) is 1.83. The van der Waals surface area contributed by atoms with E-state index in [1.165, 1.54) is 4.31 Å². The minimum absolute atomic E-state index is 0.203. The lowest BCUT2D eigenvalue weighted by atomic mass is 10.3. The highest BCUT2D eigenvalue weighted by Crippen LogP contribution is 2.03. The Bertz CT molecular complexity index is 196. The molecule has 0 amide bonds. The molecule has 0 fully saturated rings. The highest BCUT2D eigenvalue weighted by molar-refractivity contribution is 7.89. The molecule has 0 unspecified atom stereocenters. The van der Waals surface area contributed by atoms with Gasteiger partial charge in [0.2, 0.25) is 10.0 Å². The van der Waals surface area contributed by atoms with Crippen LogP contribution in [-0.4, -0.2) is 32.1 Å². The first-order valence-corrected chi connectivity index (χ1v) is 5.45. The molecule has 0 saturated carbocycles. The first-order valence-electron chi connectivity index (χ1n) is 3.84. The van der Waals surface area contributed by atoms with E-state index in [1.54, 1.807) is 7.05 Å². The van der Waals surface area contributed by atoms with Gasteiger partial charge in [0, 0.05) is 13.6 Å². The smallest absolute Gasteiger partial charge is 0.212 e. The van der Waals surface area contributed by atoms with Crippen LogP contribution in [0.15, 0.2) is 0 Å². The third kappa shape index (κ3) is 3.72. The van der Waals surface area contributed by atoms with Crippen molar-refractivity contribution in [2.24, 2.45) is 5.92 Å². The molecule has 0 aliphatic carbocycles. The predicted octanol–water partition coefficient (Wildman–Crippen LogP) is 0.924. The molecule has 0 aliphatic rings. The molecule has 0 saturated heterocycles.